The molecule has 0 saturated heterocycles. The average Bonchev–Trinajstić information content (AvgIpc) is 2.27. The summed E-state index contributed by atoms with van der Waals surface area (Å²) in [6.07, 6.45) is 1.52. The Labute approximate surface area is 102 Å². The molecule has 1 N–H and O–H groups in total. The lowest BCUT2D eigenvalue weighted by Gasteiger charge is -2.31. The third-order valence-electron chi connectivity index (χ3n) is 2.83. The van der Waals surface area contributed by atoms with Gasteiger partial charge in [0.15, 0.2) is 5.78 Å². The van der Waals surface area contributed by atoms with Crippen molar-refractivity contribution in [2.45, 2.75) is 32.9 Å². The number of hydrogen-bond donors (Lipinski definition) is 1. The molecule has 94 valence electrons. The second kappa shape index (κ2) is 5.38. The van der Waals surface area contributed by atoms with Crippen LogP contribution in [0.1, 0.15) is 36.8 Å². The van der Waals surface area contributed by atoms with E-state index >= 15 is 0 Å². The van der Waals surface area contributed by atoms with Crippen LogP contribution in [0.15, 0.2) is 18.3 Å². The minimum atomic E-state index is -0.469. The van der Waals surface area contributed by atoms with Crippen LogP contribution in [-0.2, 0) is 6.54 Å². The molecule has 1 aromatic heterocycles. The van der Waals surface area contributed by atoms with Crippen molar-refractivity contribution >= 4 is 5.78 Å². The predicted molar refractivity (Wildman–Crippen MR) is 66.9 cm³/mol. The van der Waals surface area contributed by atoms with Gasteiger partial charge in [0.25, 0.3) is 0 Å². The first kappa shape index (κ1) is 13.8. The SMILES string of the molecule is CN(Cc1ccc(C(=O)CO)cn1)C(C)(C)C. The number of carbonyl (C=O) groups is 1. The molecule has 0 aromatic carbocycles. The van der Waals surface area contributed by atoms with Crippen molar-refractivity contribution in [3.05, 3.63) is 29.6 Å². The van der Waals surface area contributed by atoms with Gasteiger partial charge in [-0.2, -0.15) is 0 Å². The zero-order chi connectivity index (χ0) is 13.1. The largest absolute Gasteiger partial charge is 0.388 e. The Morgan fingerprint density at radius 1 is 1.41 bits per heavy atom. The van der Waals surface area contributed by atoms with Crippen molar-refractivity contribution in [2.75, 3.05) is 13.7 Å². The molecule has 0 atom stereocenters. The van der Waals surface area contributed by atoms with Crippen LogP contribution in [0.4, 0.5) is 0 Å². The molecule has 1 heterocycles. The van der Waals surface area contributed by atoms with Crippen LogP contribution in [-0.4, -0.2) is 40.0 Å². The fraction of sp³-hybridized carbons (Fsp3) is 0.538. The van der Waals surface area contributed by atoms with Crippen molar-refractivity contribution in [1.29, 1.82) is 0 Å². The molecule has 1 rings (SSSR count). The Morgan fingerprint density at radius 3 is 2.47 bits per heavy atom. The molecule has 17 heavy (non-hydrogen) atoms. The highest BCUT2D eigenvalue weighted by Crippen LogP contribution is 2.13. The zero-order valence-corrected chi connectivity index (χ0v) is 10.9. The van der Waals surface area contributed by atoms with E-state index in [1.54, 1.807) is 6.07 Å². The monoisotopic (exact) mass is 236 g/mol. The molecule has 0 amide bonds. The van der Waals surface area contributed by atoms with Gasteiger partial charge in [0, 0.05) is 23.8 Å². The van der Waals surface area contributed by atoms with E-state index in [0.717, 1.165) is 12.2 Å². The topological polar surface area (TPSA) is 53.4 Å². The van der Waals surface area contributed by atoms with E-state index in [0.29, 0.717) is 5.56 Å². The standard InChI is InChI=1S/C13H20N2O2/c1-13(2,3)15(4)8-11-6-5-10(7-14-11)12(17)9-16/h5-7,16H,8-9H2,1-4H3. The molecule has 0 fully saturated rings. The van der Waals surface area contributed by atoms with Gasteiger partial charge in [-0.05, 0) is 40.0 Å². The third-order valence-corrected chi connectivity index (χ3v) is 2.83. The smallest absolute Gasteiger partial charge is 0.189 e. The van der Waals surface area contributed by atoms with Gasteiger partial charge in [-0.25, -0.2) is 0 Å². The number of hydrogen-bond acceptors (Lipinski definition) is 4. The minimum Gasteiger partial charge on any atom is -0.388 e. The molecular formula is C13H20N2O2. The van der Waals surface area contributed by atoms with Crippen LogP contribution < -0.4 is 0 Å². The molecule has 0 saturated carbocycles. The maximum atomic E-state index is 11.2. The van der Waals surface area contributed by atoms with Crippen LogP contribution in [0.3, 0.4) is 0 Å². The summed E-state index contributed by atoms with van der Waals surface area (Å²) in [6, 6.07) is 3.53. The van der Waals surface area contributed by atoms with Crippen molar-refractivity contribution < 1.29 is 9.90 Å². The van der Waals surface area contributed by atoms with Crippen LogP contribution in [0, 0.1) is 0 Å². The molecular weight excluding hydrogens is 216 g/mol. The number of rotatable bonds is 4. The summed E-state index contributed by atoms with van der Waals surface area (Å²) in [4.78, 5) is 17.6. The van der Waals surface area contributed by atoms with E-state index in [1.807, 2.05) is 13.1 Å². The predicted octanol–water partition coefficient (Wildman–Crippen LogP) is 1.49. The van der Waals surface area contributed by atoms with Crippen molar-refractivity contribution in [2.24, 2.45) is 0 Å². The normalized spacial score (nSPS) is 11.9. The van der Waals surface area contributed by atoms with E-state index in [4.69, 9.17) is 5.11 Å². The van der Waals surface area contributed by atoms with Crippen molar-refractivity contribution in [3.63, 3.8) is 0 Å². The lowest BCUT2D eigenvalue weighted by atomic mass is 10.1. The fourth-order valence-electron chi connectivity index (χ4n) is 1.25. The first-order valence-corrected chi connectivity index (χ1v) is 5.65. The summed E-state index contributed by atoms with van der Waals surface area (Å²) < 4.78 is 0. The summed E-state index contributed by atoms with van der Waals surface area (Å²) in [5.74, 6) is -0.298. The number of aliphatic hydroxyl groups excluding tert-OH is 1. The van der Waals surface area contributed by atoms with Crippen LogP contribution in [0.25, 0.3) is 0 Å². The van der Waals surface area contributed by atoms with Crippen LogP contribution in [0.5, 0.6) is 0 Å². The lowest BCUT2D eigenvalue weighted by Crippen LogP contribution is -2.37. The Kier molecular flexibility index (Phi) is 4.37. The quantitative estimate of drug-likeness (QED) is 0.805. The van der Waals surface area contributed by atoms with Gasteiger partial charge < -0.3 is 5.11 Å². The van der Waals surface area contributed by atoms with E-state index in [-0.39, 0.29) is 11.3 Å². The van der Waals surface area contributed by atoms with Gasteiger partial charge in [0.1, 0.15) is 6.61 Å². The second-order valence-electron chi connectivity index (χ2n) is 5.15. The highest BCUT2D eigenvalue weighted by Gasteiger charge is 2.17. The summed E-state index contributed by atoms with van der Waals surface area (Å²) in [7, 11) is 2.04. The molecule has 0 spiro atoms. The van der Waals surface area contributed by atoms with E-state index in [1.165, 1.54) is 6.20 Å². The number of nitrogens with zero attached hydrogens (tertiary/aromatic N) is 2. The maximum Gasteiger partial charge on any atom is 0.189 e. The summed E-state index contributed by atoms with van der Waals surface area (Å²) in [5.41, 5.74) is 1.45. The Balaban J connectivity index is 2.72. The van der Waals surface area contributed by atoms with E-state index < -0.39 is 6.61 Å². The Hall–Kier alpha value is -1.26. The van der Waals surface area contributed by atoms with Gasteiger partial charge in [-0.15, -0.1) is 0 Å². The molecule has 1 aromatic rings. The molecule has 4 heteroatoms. The number of carbonyl (C=O) groups excluding carboxylic acids is 1. The zero-order valence-electron chi connectivity index (χ0n) is 10.9. The summed E-state index contributed by atoms with van der Waals surface area (Å²) in [6.45, 7) is 6.67. The number of aromatic nitrogens is 1. The highest BCUT2D eigenvalue weighted by molar-refractivity contribution is 5.96. The number of aliphatic hydroxyl groups is 1. The van der Waals surface area contributed by atoms with Gasteiger partial charge in [-0.1, -0.05) is 0 Å². The summed E-state index contributed by atoms with van der Waals surface area (Å²) in [5, 5.41) is 8.72. The lowest BCUT2D eigenvalue weighted by molar-refractivity contribution is 0.0903. The first-order valence-electron chi connectivity index (χ1n) is 5.65. The average molecular weight is 236 g/mol. The van der Waals surface area contributed by atoms with Gasteiger partial charge in [-0.3, -0.25) is 14.7 Å². The van der Waals surface area contributed by atoms with Crippen LogP contribution in [0.2, 0.25) is 0 Å². The molecule has 0 aliphatic rings. The first-order chi connectivity index (χ1) is 7.84. The maximum absolute atomic E-state index is 11.2. The molecule has 0 unspecified atom stereocenters. The van der Waals surface area contributed by atoms with Gasteiger partial charge >= 0.3 is 0 Å². The molecule has 0 radical (unpaired) electrons. The number of ketones is 1. The molecule has 0 aliphatic heterocycles. The summed E-state index contributed by atoms with van der Waals surface area (Å²) >= 11 is 0. The van der Waals surface area contributed by atoms with Crippen molar-refractivity contribution in [1.82, 2.24) is 9.88 Å². The minimum absolute atomic E-state index is 0.0846. The number of Topliss-reactive ketones (excluding diaryl/α,β-unsaturated/α-hetero) is 1. The van der Waals surface area contributed by atoms with E-state index in [9.17, 15) is 4.79 Å². The Bertz CT molecular complexity index is 379. The number of pyridine rings is 1. The highest BCUT2D eigenvalue weighted by atomic mass is 16.3. The molecule has 0 bridgehead atoms. The third kappa shape index (κ3) is 3.91. The second-order valence-corrected chi connectivity index (χ2v) is 5.15. The Morgan fingerprint density at radius 2 is 2.06 bits per heavy atom. The molecule has 4 nitrogen and oxygen atoms in total. The van der Waals surface area contributed by atoms with Gasteiger partial charge in [0.05, 0.1) is 5.69 Å². The van der Waals surface area contributed by atoms with Crippen molar-refractivity contribution in [3.8, 4) is 0 Å². The van der Waals surface area contributed by atoms with Crippen LogP contribution >= 0.6 is 0 Å². The fourth-order valence-corrected chi connectivity index (χ4v) is 1.25. The van der Waals surface area contributed by atoms with Gasteiger partial charge in [0.2, 0.25) is 0 Å². The van der Waals surface area contributed by atoms with E-state index in [2.05, 4.69) is 30.7 Å². The molecule has 0 aliphatic carbocycles.